The average molecular weight is 372 g/mol. The maximum Gasteiger partial charge on any atom is 0.292 e. The van der Waals surface area contributed by atoms with Gasteiger partial charge in [-0.15, -0.1) is 11.3 Å². The van der Waals surface area contributed by atoms with E-state index in [-0.39, 0.29) is 20.7 Å². The Morgan fingerprint density at radius 2 is 1.68 bits per heavy atom. The lowest BCUT2D eigenvalue weighted by molar-refractivity contribution is 0.104. The summed E-state index contributed by atoms with van der Waals surface area (Å²) in [6, 6.07) is 9.46. The van der Waals surface area contributed by atoms with Crippen molar-refractivity contribution in [3.05, 3.63) is 63.0 Å². The first-order valence-corrected chi connectivity index (χ1v) is 9.01. The van der Waals surface area contributed by atoms with Gasteiger partial charge in [0, 0.05) is 11.1 Å². The molecule has 0 radical (unpaired) electrons. The first kappa shape index (κ1) is 15.4. The first-order chi connectivity index (χ1) is 10.4. The van der Waals surface area contributed by atoms with Gasteiger partial charge in [-0.3, -0.25) is 4.79 Å². The summed E-state index contributed by atoms with van der Waals surface area (Å²) in [5, 5.41) is -0.0724. The molecule has 0 atom stereocenters. The van der Waals surface area contributed by atoms with Gasteiger partial charge in [0.2, 0.25) is 5.78 Å². The fraction of sp³-hybridized carbons (Fsp3) is 0. The molecule has 1 aliphatic carbocycles. The van der Waals surface area contributed by atoms with Crippen molar-refractivity contribution < 1.29 is 13.2 Å². The summed E-state index contributed by atoms with van der Waals surface area (Å²) >= 11 is 12.6. The van der Waals surface area contributed by atoms with Crippen LogP contribution in [0.4, 0.5) is 0 Å². The minimum atomic E-state index is -3.92. The molecule has 8 heteroatoms. The summed E-state index contributed by atoms with van der Waals surface area (Å²) in [6.07, 6.45) is 1.26. The maximum absolute atomic E-state index is 12.3. The quantitative estimate of drug-likeness (QED) is 0.803. The van der Waals surface area contributed by atoms with Gasteiger partial charge in [-0.1, -0.05) is 47.5 Å². The third-order valence-electron chi connectivity index (χ3n) is 2.95. The minimum absolute atomic E-state index is 0.0314. The molecule has 0 saturated carbocycles. The van der Waals surface area contributed by atoms with Gasteiger partial charge in [0.1, 0.15) is 4.21 Å². The third-order valence-corrected chi connectivity index (χ3v) is 6.22. The van der Waals surface area contributed by atoms with E-state index in [2.05, 4.69) is 4.40 Å². The van der Waals surface area contributed by atoms with Crippen LogP contribution >= 0.6 is 34.5 Å². The second-order valence-electron chi connectivity index (χ2n) is 4.38. The molecule has 0 bridgehead atoms. The maximum atomic E-state index is 12.3. The summed E-state index contributed by atoms with van der Waals surface area (Å²) in [7, 11) is -3.92. The molecular formula is C14H7Cl2NO3S2. The number of halogens is 2. The molecule has 1 aromatic carbocycles. The van der Waals surface area contributed by atoms with E-state index in [0.717, 1.165) is 11.3 Å². The van der Waals surface area contributed by atoms with E-state index in [0.29, 0.717) is 15.5 Å². The average Bonchev–Trinajstić information content (AvgIpc) is 2.92. The van der Waals surface area contributed by atoms with Crippen LogP contribution in [-0.4, -0.2) is 19.9 Å². The first-order valence-electron chi connectivity index (χ1n) is 6.00. The molecule has 0 fully saturated rings. The van der Waals surface area contributed by atoms with E-state index in [4.69, 9.17) is 23.2 Å². The highest BCUT2D eigenvalue weighted by atomic mass is 35.5. The fourth-order valence-electron chi connectivity index (χ4n) is 1.98. The normalized spacial score (nSPS) is 16.5. The van der Waals surface area contributed by atoms with Gasteiger partial charge in [0.15, 0.2) is 0 Å². The van der Waals surface area contributed by atoms with Gasteiger partial charge >= 0.3 is 0 Å². The standard InChI is InChI=1S/C14H7Cl2NO3S2/c15-10-7-11(8-3-1-2-4-9(8)14(10)18)17-22(19,20)13-6-5-12(16)21-13/h1-7H. The number of hydrogen-bond donors (Lipinski definition) is 0. The molecule has 3 rings (SSSR count). The summed E-state index contributed by atoms with van der Waals surface area (Å²) in [6.45, 7) is 0. The van der Waals surface area contributed by atoms with Gasteiger partial charge < -0.3 is 0 Å². The lowest BCUT2D eigenvalue weighted by atomic mass is 9.94. The number of carbonyl (C=O) groups excluding carboxylic acids is 1. The molecule has 1 heterocycles. The Hall–Kier alpha value is -1.47. The molecule has 0 aliphatic heterocycles. The number of nitrogens with zero attached hydrogens (tertiary/aromatic N) is 1. The molecule has 0 unspecified atom stereocenters. The Labute approximate surface area is 140 Å². The van der Waals surface area contributed by atoms with E-state index in [1.165, 1.54) is 18.2 Å². The number of carbonyl (C=O) groups is 1. The Balaban J connectivity index is 2.17. The molecule has 112 valence electrons. The second kappa shape index (κ2) is 5.62. The number of sulfonamides is 1. The van der Waals surface area contributed by atoms with E-state index in [1.54, 1.807) is 24.3 Å². The second-order valence-corrected chi connectivity index (χ2v) is 8.33. The topological polar surface area (TPSA) is 63.6 Å². The molecular weight excluding hydrogens is 365 g/mol. The van der Waals surface area contributed by atoms with Crippen molar-refractivity contribution in [3.63, 3.8) is 0 Å². The minimum Gasteiger partial charge on any atom is -0.288 e. The highest BCUT2D eigenvalue weighted by Gasteiger charge is 2.25. The summed E-state index contributed by atoms with van der Waals surface area (Å²) in [5.41, 5.74) is 0.890. The van der Waals surface area contributed by atoms with Crippen molar-refractivity contribution in [2.24, 2.45) is 4.40 Å². The molecule has 0 amide bonds. The number of thiophene rings is 1. The number of allylic oxidation sites excluding steroid dienone is 2. The number of fused-ring (bicyclic) bond motifs is 1. The zero-order valence-electron chi connectivity index (χ0n) is 10.8. The van der Waals surface area contributed by atoms with Gasteiger partial charge in [-0.25, -0.2) is 0 Å². The van der Waals surface area contributed by atoms with Crippen LogP contribution in [0.5, 0.6) is 0 Å². The SMILES string of the molecule is O=C1C(Cl)=CC(=NS(=O)(=O)c2ccc(Cl)s2)c2ccccc21. The lowest BCUT2D eigenvalue weighted by Crippen LogP contribution is -2.16. The highest BCUT2D eigenvalue weighted by Crippen LogP contribution is 2.29. The van der Waals surface area contributed by atoms with Crippen LogP contribution in [-0.2, 0) is 10.0 Å². The Kier molecular flexibility index (Phi) is 3.94. The molecule has 1 aliphatic rings. The molecule has 1 aromatic heterocycles. The van der Waals surface area contributed by atoms with Gasteiger partial charge in [-0.05, 0) is 18.2 Å². The predicted molar refractivity (Wildman–Crippen MR) is 87.8 cm³/mol. The van der Waals surface area contributed by atoms with Crippen molar-refractivity contribution in [2.45, 2.75) is 4.21 Å². The van der Waals surface area contributed by atoms with E-state index in [9.17, 15) is 13.2 Å². The number of benzene rings is 1. The van der Waals surface area contributed by atoms with Crippen LogP contribution in [0.3, 0.4) is 0 Å². The van der Waals surface area contributed by atoms with Crippen LogP contribution in [0.2, 0.25) is 4.34 Å². The van der Waals surface area contributed by atoms with E-state index >= 15 is 0 Å². The van der Waals surface area contributed by atoms with Crippen molar-refractivity contribution in [1.82, 2.24) is 0 Å². The van der Waals surface area contributed by atoms with Crippen LogP contribution in [0.25, 0.3) is 0 Å². The fourth-order valence-corrected chi connectivity index (χ4v) is 4.64. The van der Waals surface area contributed by atoms with Crippen LogP contribution in [0.1, 0.15) is 15.9 Å². The zero-order valence-corrected chi connectivity index (χ0v) is 13.9. The Morgan fingerprint density at radius 3 is 2.32 bits per heavy atom. The van der Waals surface area contributed by atoms with Crippen molar-refractivity contribution in [3.8, 4) is 0 Å². The van der Waals surface area contributed by atoms with Crippen LogP contribution < -0.4 is 0 Å². The number of ketones is 1. The van der Waals surface area contributed by atoms with Crippen LogP contribution in [0, 0.1) is 0 Å². The molecule has 0 N–H and O–H groups in total. The summed E-state index contributed by atoms with van der Waals surface area (Å²) < 4.78 is 28.8. The van der Waals surface area contributed by atoms with Crippen molar-refractivity contribution >= 4 is 56.1 Å². The molecule has 2 aromatic rings. The largest absolute Gasteiger partial charge is 0.292 e. The number of rotatable bonds is 2. The third kappa shape index (κ3) is 2.75. The van der Waals surface area contributed by atoms with Crippen molar-refractivity contribution in [2.75, 3.05) is 0 Å². The Bertz CT molecular complexity index is 943. The van der Waals surface area contributed by atoms with Gasteiger partial charge in [0.25, 0.3) is 10.0 Å². The number of hydrogen-bond acceptors (Lipinski definition) is 4. The monoisotopic (exact) mass is 371 g/mol. The van der Waals surface area contributed by atoms with Crippen molar-refractivity contribution in [1.29, 1.82) is 0 Å². The van der Waals surface area contributed by atoms with Gasteiger partial charge in [-0.2, -0.15) is 12.8 Å². The lowest BCUT2D eigenvalue weighted by Gasteiger charge is -2.13. The molecule has 0 spiro atoms. The van der Waals surface area contributed by atoms with E-state index < -0.39 is 10.0 Å². The summed E-state index contributed by atoms with van der Waals surface area (Å²) in [4.78, 5) is 12.0. The predicted octanol–water partition coefficient (Wildman–Crippen LogP) is 3.90. The molecule has 22 heavy (non-hydrogen) atoms. The zero-order chi connectivity index (χ0) is 15.9. The number of Topliss-reactive ketones (excluding diaryl/α,β-unsaturated/α-hetero) is 1. The summed E-state index contributed by atoms with van der Waals surface area (Å²) in [5.74, 6) is -0.354. The highest BCUT2D eigenvalue weighted by molar-refractivity contribution is 7.92. The smallest absolute Gasteiger partial charge is 0.288 e. The van der Waals surface area contributed by atoms with Gasteiger partial charge in [0.05, 0.1) is 15.1 Å². The van der Waals surface area contributed by atoms with Crippen LogP contribution in [0.15, 0.2) is 56.1 Å². The Morgan fingerprint density at radius 1 is 1.00 bits per heavy atom. The molecule has 4 nitrogen and oxygen atoms in total. The van der Waals surface area contributed by atoms with E-state index in [1.807, 2.05) is 0 Å². The molecule has 0 saturated heterocycles.